The Labute approximate surface area is 568 Å². The van der Waals surface area contributed by atoms with E-state index in [0.29, 0.717) is 61.4 Å². The monoisotopic (exact) mass is 1340 g/mol. The number of nitrogens with zero attached hydrogens (tertiary/aromatic N) is 3. The molecule has 0 unspecified atom stereocenters. The van der Waals surface area contributed by atoms with E-state index in [2.05, 4.69) is 38.5 Å². The number of rotatable bonds is 40. The van der Waals surface area contributed by atoms with Crippen molar-refractivity contribution in [2.45, 2.75) is 200 Å². The van der Waals surface area contributed by atoms with Gasteiger partial charge in [-0.3, -0.25) is 43.3 Å². The normalized spacial score (nSPS) is 16.8. The fraction of sp³-hybridized carbons (Fsp3) is 0.597. The molecule has 13 atom stereocenters. The highest BCUT2D eigenvalue weighted by molar-refractivity contribution is 5.99. The number of carboxylic acids is 1. The summed E-state index contributed by atoms with van der Waals surface area (Å²) in [6.07, 6.45) is 0.566. The van der Waals surface area contributed by atoms with Crippen molar-refractivity contribution in [3.63, 3.8) is 0 Å². The number of benzene rings is 3. The minimum absolute atomic E-state index is 0.0233. The lowest BCUT2D eigenvalue weighted by atomic mass is 9.89. The Morgan fingerprint density at radius 1 is 0.729 bits per heavy atom. The van der Waals surface area contributed by atoms with E-state index in [1.807, 2.05) is 58.0 Å². The molecule has 24 heteroatoms. The van der Waals surface area contributed by atoms with E-state index in [-0.39, 0.29) is 62.4 Å². The molecule has 3 aromatic carbocycles. The van der Waals surface area contributed by atoms with Gasteiger partial charge in [0.25, 0.3) is 0 Å². The quantitative estimate of drug-likeness (QED) is 0.0261. The number of aliphatic hydroxyl groups is 1. The lowest BCUT2D eigenvalue weighted by Crippen LogP contribution is -2.60. The average molecular weight is 1340 g/mol. The summed E-state index contributed by atoms with van der Waals surface area (Å²) in [4.78, 5) is 129. The topological polar surface area (TPSA) is 313 Å². The van der Waals surface area contributed by atoms with Crippen LogP contribution in [0.1, 0.15) is 143 Å². The van der Waals surface area contributed by atoms with Crippen molar-refractivity contribution in [3.8, 4) is 5.75 Å². The predicted octanol–water partition coefficient (Wildman–Crippen LogP) is 7.18. The van der Waals surface area contributed by atoms with Crippen molar-refractivity contribution < 1.29 is 72.3 Å². The number of amides is 8. The van der Waals surface area contributed by atoms with Crippen LogP contribution in [-0.2, 0) is 65.6 Å². The Balaban J connectivity index is 1.40. The molecule has 24 nitrogen and oxygen atoms in total. The first kappa shape index (κ1) is 80.5. The predicted molar refractivity (Wildman–Crippen MR) is 367 cm³/mol. The lowest BCUT2D eigenvalue weighted by Gasteiger charge is -2.41. The second-order valence-electron chi connectivity index (χ2n) is 26.3. The first-order valence-corrected chi connectivity index (χ1v) is 33.6. The van der Waals surface area contributed by atoms with E-state index in [9.17, 15) is 53.4 Å². The molecular formula is C72H109N9O15. The van der Waals surface area contributed by atoms with Gasteiger partial charge in [-0.2, -0.15) is 0 Å². The van der Waals surface area contributed by atoms with Crippen LogP contribution in [0.25, 0.3) is 0 Å². The van der Waals surface area contributed by atoms with Crippen molar-refractivity contribution >= 4 is 59.1 Å². The molecule has 8 amide bonds. The molecule has 1 saturated heterocycles. The van der Waals surface area contributed by atoms with Gasteiger partial charge in [0.2, 0.25) is 41.4 Å². The number of nitrogens with one attached hydrogen (secondary N) is 6. The molecule has 1 heterocycles. The Kier molecular flexibility index (Phi) is 33.5. The van der Waals surface area contributed by atoms with Crippen LogP contribution in [0.5, 0.6) is 5.75 Å². The molecule has 3 aromatic rings. The second-order valence-corrected chi connectivity index (χ2v) is 26.3. The number of hydrogen-bond donors (Lipinski definition) is 8. The molecule has 0 spiro atoms. The first-order chi connectivity index (χ1) is 45.5. The number of aliphatic hydroxyl groups excluding tert-OH is 1. The Morgan fingerprint density at radius 3 is 1.92 bits per heavy atom. The van der Waals surface area contributed by atoms with Crippen LogP contribution in [0.2, 0.25) is 0 Å². The number of ether oxygens (including phenoxy) is 4. The van der Waals surface area contributed by atoms with Crippen LogP contribution in [0.3, 0.4) is 0 Å². The molecule has 4 rings (SSSR count). The molecule has 1 aliphatic heterocycles. The van der Waals surface area contributed by atoms with Crippen LogP contribution in [0, 0.1) is 29.6 Å². The fourth-order valence-electron chi connectivity index (χ4n) is 12.3. The van der Waals surface area contributed by atoms with E-state index >= 15 is 0 Å². The number of carbonyl (C=O) groups is 9. The van der Waals surface area contributed by atoms with Gasteiger partial charge in [0.05, 0.1) is 54.8 Å². The van der Waals surface area contributed by atoms with E-state index in [1.165, 1.54) is 26.2 Å². The largest absolute Gasteiger partial charge is 0.490 e. The molecule has 8 N–H and O–H groups in total. The summed E-state index contributed by atoms with van der Waals surface area (Å²) < 4.78 is 23.3. The van der Waals surface area contributed by atoms with Crippen molar-refractivity contribution in [1.82, 2.24) is 41.3 Å². The summed E-state index contributed by atoms with van der Waals surface area (Å²) in [5, 5.41) is 37.7. The fourth-order valence-corrected chi connectivity index (χ4v) is 12.3. The highest BCUT2D eigenvalue weighted by Crippen LogP contribution is 2.31. The molecule has 0 radical (unpaired) electrons. The van der Waals surface area contributed by atoms with Gasteiger partial charge in [0.15, 0.2) is 0 Å². The van der Waals surface area contributed by atoms with Gasteiger partial charge < -0.3 is 70.9 Å². The Bertz CT molecular complexity index is 2990. The summed E-state index contributed by atoms with van der Waals surface area (Å²) >= 11 is 0. The number of carboxylic acid groups (broad SMARTS) is 1. The van der Waals surface area contributed by atoms with E-state index < -0.39 is 126 Å². The van der Waals surface area contributed by atoms with Gasteiger partial charge >= 0.3 is 12.1 Å². The summed E-state index contributed by atoms with van der Waals surface area (Å²) in [6.45, 7) is 22.6. The van der Waals surface area contributed by atoms with Crippen molar-refractivity contribution in [2.24, 2.45) is 29.6 Å². The van der Waals surface area contributed by atoms with Crippen molar-refractivity contribution in [2.75, 3.05) is 53.8 Å². The number of hydrogen-bond acceptors (Lipinski definition) is 15. The third-order valence-electron chi connectivity index (χ3n) is 17.9. The molecule has 1 fully saturated rings. The molecule has 0 aliphatic carbocycles. The van der Waals surface area contributed by atoms with E-state index in [1.54, 1.807) is 120 Å². The molecule has 1 aliphatic rings. The van der Waals surface area contributed by atoms with Crippen LogP contribution < -0.4 is 36.6 Å². The second kappa shape index (κ2) is 39.9. The minimum atomic E-state index is -1.18. The van der Waals surface area contributed by atoms with Crippen LogP contribution in [0.15, 0.2) is 91.5 Å². The smallest absolute Gasteiger partial charge is 0.410 e. The minimum Gasteiger partial charge on any atom is -0.490 e. The summed E-state index contributed by atoms with van der Waals surface area (Å²) in [5.41, 5.74) is 2.36. The lowest BCUT2D eigenvalue weighted by molar-refractivity contribution is -0.148. The van der Waals surface area contributed by atoms with Gasteiger partial charge in [-0.1, -0.05) is 136 Å². The molecule has 0 bridgehead atoms. The highest BCUT2D eigenvalue weighted by atomic mass is 16.6. The molecule has 532 valence electrons. The molecular weight excluding hydrogens is 1230 g/mol. The summed E-state index contributed by atoms with van der Waals surface area (Å²) in [6, 6.07) is 16.0. The number of methoxy groups -OCH3 is 2. The number of likely N-dealkylation sites (N-methyl/N-ethyl adjacent to an activating group) is 3. The van der Waals surface area contributed by atoms with E-state index in [4.69, 9.17) is 18.9 Å². The number of aliphatic carboxylic acids is 1. The molecule has 0 saturated carbocycles. The maximum absolute atomic E-state index is 14.8. The standard InChI is InChI=1S/C72H109N9O15/c1-17-38-95-53-35-31-49(32-36-53)40-55(73-12)68(88)77-56(39-43(3)4)69(89)76-54(26-22-28-60(83)84)67(87)75-52-33-29-50(30-34-52)42-96-72(92)80(14)62(45(7)8)70(90)78-61(44(5)6)71(91)79(13)63(46(9)18-2)58(93-15)41-59(82)81-37-23-27-57(81)65(94-16)47(10)66(86)74-48(11)64(85)51-24-20-19-21-25-51/h17,19-21,24-25,29-36,43-48,54-58,61-65,73,85H,1,18,22-23,26-28,37-42H2,2-16H3,(H,74,86)(H,75,87)(H,76,89)(H,77,88)(H,78,90)(H,83,84)/t46-,47+,48+,54-,55-,56+,57-,58+,61-,62-,63-,64+,65+/m0/s1. The summed E-state index contributed by atoms with van der Waals surface area (Å²) in [7, 11) is 7.73. The van der Waals surface area contributed by atoms with Gasteiger partial charge in [-0.25, -0.2) is 4.79 Å². The zero-order valence-corrected chi connectivity index (χ0v) is 59.1. The van der Waals surface area contributed by atoms with Gasteiger partial charge in [0.1, 0.15) is 43.1 Å². The zero-order valence-electron chi connectivity index (χ0n) is 59.1. The Morgan fingerprint density at radius 2 is 1.35 bits per heavy atom. The Hall–Kier alpha value is -7.93. The maximum atomic E-state index is 14.8. The van der Waals surface area contributed by atoms with Gasteiger partial charge in [-0.15, -0.1) is 0 Å². The van der Waals surface area contributed by atoms with Gasteiger partial charge in [-0.05, 0) is 117 Å². The number of anilines is 1. The molecule has 0 aromatic heterocycles. The average Bonchev–Trinajstić information content (AvgIpc) is 1.40. The van der Waals surface area contributed by atoms with Crippen LogP contribution >= 0.6 is 0 Å². The number of carbonyl (C=O) groups excluding carboxylic acids is 8. The highest BCUT2D eigenvalue weighted by Gasteiger charge is 2.44. The number of likely N-dealkylation sites (tertiary alicyclic amines) is 1. The van der Waals surface area contributed by atoms with Gasteiger partial charge in [0, 0.05) is 47.0 Å². The van der Waals surface area contributed by atoms with Crippen molar-refractivity contribution in [1.29, 1.82) is 0 Å². The zero-order chi connectivity index (χ0) is 71.5. The van der Waals surface area contributed by atoms with Crippen LogP contribution in [-0.4, -0.2) is 187 Å². The van der Waals surface area contributed by atoms with Crippen LogP contribution in [0.4, 0.5) is 10.5 Å². The van der Waals surface area contributed by atoms with E-state index in [0.717, 1.165) is 5.56 Å². The third kappa shape index (κ3) is 24.0. The molecule has 96 heavy (non-hydrogen) atoms. The first-order valence-electron chi connectivity index (χ1n) is 33.6. The van der Waals surface area contributed by atoms with Crippen molar-refractivity contribution in [3.05, 3.63) is 108 Å². The summed E-state index contributed by atoms with van der Waals surface area (Å²) in [5.74, 6) is -5.44. The third-order valence-corrected chi connectivity index (χ3v) is 17.9. The SMILES string of the molecule is C=CCOc1ccc(C[C@H](NC)C(=O)N[C@H](CC(C)C)C(=O)N[C@@H](CCCC(=O)O)C(=O)Nc2ccc(COC(=O)N(C)[C@H](C(=O)N[C@H](C(=O)N(C)[C@@H]([C@@H](C)CC)[C@@H](CC(=O)N3CCC[C@H]3[C@H](OC)[C@@H](C)C(=O)N[C@H](C)[C@@H](O)c3ccccc3)OC)C(C)C)C(C)C)cc2)cc1. The maximum Gasteiger partial charge on any atom is 0.410 e.